The fraction of sp³-hybridized carbons (Fsp3) is 0.0526. The van der Waals surface area contributed by atoms with Crippen molar-refractivity contribution in [3.8, 4) is 11.4 Å². The molecule has 0 aliphatic carbocycles. The minimum atomic E-state index is -0.355. The highest BCUT2D eigenvalue weighted by molar-refractivity contribution is 6.09. The first kappa shape index (κ1) is 12.9. The molecule has 3 heteroatoms. The summed E-state index contributed by atoms with van der Waals surface area (Å²) in [6.07, 6.45) is 0. The molecular formula is C19H14FNO. The average molecular weight is 291 g/mol. The molecule has 0 spiro atoms. The van der Waals surface area contributed by atoms with E-state index in [0.717, 1.165) is 16.7 Å². The van der Waals surface area contributed by atoms with Crippen molar-refractivity contribution in [1.29, 1.82) is 0 Å². The van der Waals surface area contributed by atoms with E-state index in [1.54, 1.807) is 12.1 Å². The number of nitrogens with zero attached hydrogens (tertiary/aromatic N) is 1. The Hall–Kier alpha value is -2.81. The lowest BCUT2D eigenvalue weighted by Gasteiger charge is -2.10. The molecule has 22 heavy (non-hydrogen) atoms. The van der Waals surface area contributed by atoms with Crippen molar-refractivity contribution in [1.82, 2.24) is 4.57 Å². The first-order valence-corrected chi connectivity index (χ1v) is 7.11. The lowest BCUT2D eigenvalue weighted by molar-refractivity contribution is 0.386. The Labute approximate surface area is 127 Å². The van der Waals surface area contributed by atoms with Gasteiger partial charge in [0.05, 0.1) is 23.8 Å². The van der Waals surface area contributed by atoms with Gasteiger partial charge in [0, 0.05) is 16.8 Å². The van der Waals surface area contributed by atoms with E-state index in [1.807, 2.05) is 24.3 Å². The molecule has 4 rings (SSSR count). The van der Waals surface area contributed by atoms with Gasteiger partial charge in [0.15, 0.2) is 11.6 Å². The number of benzene rings is 3. The molecule has 108 valence electrons. The zero-order valence-corrected chi connectivity index (χ0v) is 12.1. The number of methoxy groups -OCH3 is 1. The van der Waals surface area contributed by atoms with Crippen LogP contribution in [0, 0.1) is 5.82 Å². The van der Waals surface area contributed by atoms with Crippen molar-refractivity contribution >= 4 is 21.8 Å². The van der Waals surface area contributed by atoms with Gasteiger partial charge in [-0.3, -0.25) is 0 Å². The molecule has 4 aromatic rings. The Morgan fingerprint density at radius 1 is 0.818 bits per heavy atom. The van der Waals surface area contributed by atoms with Gasteiger partial charge in [-0.1, -0.05) is 36.4 Å². The second-order valence-electron chi connectivity index (χ2n) is 5.19. The van der Waals surface area contributed by atoms with E-state index >= 15 is 0 Å². The zero-order valence-electron chi connectivity index (χ0n) is 12.1. The molecular weight excluding hydrogens is 277 g/mol. The summed E-state index contributed by atoms with van der Waals surface area (Å²) in [4.78, 5) is 0. The van der Waals surface area contributed by atoms with Gasteiger partial charge in [0.25, 0.3) is 0 Å². The highest BCUT2D eigenvalue weighted by Gasteiger charge is 2.12. The van der Waals surface area contributed by atoms with Crippen LogP contribution < -0.4 is 4.74 Å². The number of hydrogen-bond acceptors (Lipinski definition) is 1. The molecule has 0 atom stereocenters. The molecule has 0 unspecified atom stereocenters. The molecule has 3 aromatic carbocycles. The molecule has 0 fully saturated rings. The summed E-state index contributed by atoms with van der Waals surface area (Å²) >= 11 is 0. The summed E-state index contributed by atoms with van der Waals surface area (Å²) in [5.41, 5.74) is 3.07. The molecule has 0 saturated heterocycles. The molecule has 0 aliphatic heterocycles. The minimum Gasteiger partial charge on any atom is -0.494 e. The van der Waals surface area contributed by atoms with Crippen molar-refractivity contribution in [2.45, 2.75) is 0 Å². The van der Waals surface area contributed by atoms with Gasteiger partial charge >= 0.3 is 0 Å². The average Bonchev–Trinajstić information content (AvgIpc) is 2.90. The summed E-state index contributed by atoms with van der Waals surface area (Å²) < 4.78 is 21.0. The van der Waals surface area contributed by atoms with Crippen molar-refractivity contribution in [3.05, 3.63) is 72.5 Å². The van der Waals surface area contributed by atoms with Crippen LogP contribution in [0.15, 0.2) is 66.7 Å². The van der Waals surface area contributed by atoms with E-state index in [1.165, 1.54) is 23.9 Å². The van der Waals surface area contributed by atoms with Crippen molar-refractivity contribution in [2.24, 2.45) is 0 Å². The lowest BCUT2D eigenvalue weighted by atomic mass is 10.2. The molecule has 0 radical (unpaired) electrons. The number of para-hydroxylation sites is 2. The molecule has 1 heterocycles. The quantitative estimate of drug-likeness (QED) is 0.510. The van der Waals surface area contributed by atoms with Crippen molar-refractivity contribution in [2.75, 3.05) is 7.11 Å². The Morgan fingerprint density at radius 3 is 2.00 bits per heavy atom. The summed E-state index contributed by atoms with van der Waals surface area (Å²) in [6, 6.07) is 21.4. The maximum atomic E-state index is 13.7. The molecule has 0 saturated carbocycles. The number of fused-ring (bicyclic) bond motifs is 3. The number of ether oxygens (including phenoxy) is 1. The van der Waals surface area contributed by atoms with Crippen LogP contribution in [0.2, 0.25) is 0 Å². The SMILES string of the molecule is COc1cc(-n2c3ccccc3c3ccccc32)ccc1F. The van der Waals surface area contributed by atoms with Gasteiger partial charge in [0.2, 0.25) is 0 Å². The molecule has 0 aliphatic rings. The third-order valence-electron chi connectivity index (χ3n) is 3.97. The Bertz CT molecular complexity index is 934. The number of halogens is 1. The predicted octanol–water partition coefficient (Wildman–Crippen LogP) is 4.93. The molecule has 0 N–H and O–H groups in total. The second-order valence-corrected chi connectivity index (χ2v) is 5.19. The van der Waals surface area contributed by atoms with Gasteiger partial charge in [-0.2, -0.15) is 0 Å². The first-order valence-electron chi connectivity index (χ1n) is 7.11. The van der Waals surface area contributed by atoms with Crippen LogP contribution in [0.5, 0.6) is 5.75 Å². The largest absolute Gasteiger partial charge is 0.494 e. The van der Waals surface area contributed by atoms with E-state index in [9.17, 15) is 4.39 Å². The summed E-state index contributed by atoms with van der Waals surface area (Å²) in [5, 5.41) is 2.36. The van der Waals surface area contributed by atoms with Crippen LogP contribution >= 0.6 is 0 Å². The fourth-order valence-electron chi connectivity index (χ4n) is 2.99. The van der Waals surface area contributed by atoms with Crippen LogP contribution in [0.4, 0.5) is 4.39 Å². The van der Waals surface area contributed by atoms with E-state index in [-0.39, 0.29) is 11.6 Å². The van der Waals surface area contributed by atoms with Crippen molar-refractivity contribution < 1.29 is 9.13 Å². The van der Waals surface area contributed by atoms with E-state index in [2.05, 4.69) is 28.8 Å². The third kappa shape index (κ3) is 1.79. The smallest absolute Gasteiger partial charge is 0.165 e. The predicted molar refractivity (Wildman–Crippen MR) is 87.3 cm³/mol. The van der Waals surface area contributed by atoms with E-state index in [0.29, 0.717) is 0 Å². The Balaban J connectivity index is 2.13. The third-order valence-corrected chi connectivity index (χ3v) is 3.97. The first-order chi connectivity index (χ1) is 10.8. The molecule has 0 amide bonds. The van der Waals surface area contributed by atoms with Crippen molar-refractivity contribution in [3.63, 3.8) is 0 Å². The summed E-state index contributed by atoms with van der Waals surface area (Å²) in [5.74, 6) is -0.105. The van der Waals surface area contributed by atoms with E-state index < -0.39 is 0 Å². The topological polar surface area (TPSA) is 14.2 Å². The maximum Gasteiger partial charge on any atom is 0.165 e. The van der Waals surface area contributed by atoms with Crippen LogP contribution in [-0.4, -0.2) is 11.7 Å². The van der Waals surface area contributed by atoms with E-state index in [4.69, 9.17) is 4.74 Å². The molecule has 2 nitrogen and oxygen atoms in total. The van der Waals surface area contributed by atoms with Gasteiger partial charge in [-0.25, -0.2) is 4.39 Å². The highest BCUT2D eigenvalue weighted by atomic mass is 19.1. The van der Waals surface area contributed by atoms with Gasteiger partial charge in [-0.15, -0.1) is 0 Å². The van der Waals surface area contributed by atoms with Gasteiger partial charge in [-0.05, 0) is 24.3 Å². The molecule has 1 aromatic heterocycles. The standard InChI is InChI=1S/C19H14FNO/c1-22-19-12-13(10-11-16(19)20)21-17-8-4-2-6-14(17)15-7-3-5-9-18(15)21/h2-12H,1H3. The Kier molecular flexibility index (Phi) is 2.86. The van der Waals surface area contributed by atoms with Crippen LogP contribution in [0.1, 0.15) is 0 Å². The zero-order chi connectivity index (χ0) is 15.1. The van der Waals surface area contributed by atoms with Gasteiger partial charge < -0.3 is 9.30 Å². The normalized spacial score (nSPS) is 11.2. The number of hydrogen-bond donors (Lipinski definition) is 0. The number of aromatic nitrogens is 1. The van der Waals surface area contributed by atoms with Crippen LogP contribution in [0.3, 0.4) is 0 Å². The molecule has 0 bridgehead atoms. The fourth-order valence-corrected chi connectivity index (χ4v) is 2.99. The maximum absolute atomic E-state index is 13.7. The minimum absolute atomic E-state index is 0.249. The monoisotopic (exact) mass is 291 g/mol. The van der Waals surface area contributed by atoms with Gasteiger partial charge in [0.1, 0.15) is 0 Å². The van der Waals surface area contributed by atoms with Crippen LogP contribution in [-0.2, 0) is 0 Å². The van der Waals surface area contributed by atoms with Crippen LogP contribution in [0.25, 0.3) is 27.5 Å². The summed E-state index contributed by atoms with van der Waals surface area (Å²) in [6.45, 7) is 0. The highest BCUT2D eigenvalue weighted by Crippen LogP contribution is 2.33. The second kappa shape index (κ2) is 4.88. The lowest BCUT2D eigenvalue weighted by Crippen LogP contribution is -1.96. The Morgan fingerprint density at radius 2 is 1.41 bits per heavy atom. The summed E-state index contributed by atoms with van der Waals surface area (Å²) in [7, 11) is 1.48. The number of rotatable bonds is 2.